The van der Waals surface area contributed by atoms with Gasteiger partial charge in [-0.1, -0.05) is 37.5 Å². The number of para-hydroxylation sites is 1. The number of ether oxygens (including phenoxy) is 1. The number of nitrogens with one attached hydrogen (secondary N) is 1. The molecule has 6 nitrogen and oxygen atoms in total. The summed E-state index contributed by atoms with van der Waals surface area (Å²) in [4.78, 5) is 26.7. The molecule has 0 radical (unpaired) electrons. The minimum atomic E-state index is -0.768. The van der Waals surface area contributed by atoms with Gasteiger partial charge in [0, 0.05) is 31.6 Å². The third kappa shape index (κ3) is 5.01. The van der Waals surface area contributed by atoms with Crippen molar-refractivity contribution in [2.24, 2.45) is 5.92 Å². The molecule has 1 aromatic rings. The Kier molecular flexibility index (Phi) is 6.37. The summed E-state index contributed by atoms with van der Waals surface area (Å²) in [7, 11) is 1.61. The molecule has 1 saturated heterocycles. The standard InChI is InChI=1S/C21H30N2O4/c1-27-18-8-4-3-7-16(18)13-23-14-17(9-10-19(23)24)20(25)22-15-21(26)11-5-2-6-12-21/h3-4,7-8,17,26H,2,5-6,9-15H2,1H3,(H,22,25)/t17-/m1/s1. The quantitative estimate of drug-likeness (QED) is 0.800. The molecular formula is C21H30N2O4. The average molecular weight is 374 g/mol. The summed E-state index contributed by atoms with van der Waals surface area (Å²) >= 11 is 0. The molecular weight excluding hydrogens is 344 g/mol. The maximum absolute atomic E-state index is 12.6. The Balaban J connectivity index is 1.57. The third-order valence-electron chi connectivity index (χ3n) is 5.80. The Labute approximate surface area is 160 Å². The van der Waals surface area contributed by atoms with Crippen LogP contribution in [0.5, 0.6) is 5.75 Å². The van der Waals surface area contributed by atoms with E-state index in [-0.39, 0.29) is 17.7 Å². The number of hydrogen-bond acceptors (Lipinski definition) is 4. The Morgan fingerprint density at radius 1 is 1.30 bits per heavy atom. The molecule has 3 rings (SSSR count). The van der Waals surface area contributed by atoms with Gasteiger partial charge in [0.1, 0.15) is 5.75 Å². The van der Waals surface area contributed by atoms with Gasteiger partial charge in [0.05, 0.1) is 18.6 Å². The number of carbonyl (C=O) groups excluding carboxylic acids is 2. The summed E-state index contributed by atoms with van der Waals surface area (Å²) in [6.07, 6.45) is 5.60. The number of rotatable bonds is 6. The highest BCUT2D eigenvalue weighted by atomic mass is 16.5. The number of methoxy groups -OCH3 is 1. The van der Waals surface area contributed by atoms with Gasteiger partial charge in [-0.25, -0.2) is 0 Å². The van der Waals surface area contributed by atoms with Crippen LogP contribution in [-0.4, -0.2) is 47.6 Å². The van der Waals surface area contributed by atoms with Crippen molar-refractivity contribution in [3.05, 3.63) is 29.8 Å². The van der Waals surface area contributed by atoms with E-state index in [9.17, 15) is 14.7 Å². The lowest BCUT2D eigenvalue weighted by atomic mass is 9.84. The summed E-state index contributed by atoms with van der Waals surface area (Å²) in [5.41, 5.74) is 0.168. The monoisotopic (exact) mass is 374 g/mol. The first-order valence-electron chi connectivity index (χ1n) is 9.90. The molecule has 1 aliphatic heterocycles. The molecule has 27 heavy (non-hydrogen) atoms. The van der Waals surface area contributed by atoms with Crippen molar-refractivity contribution < 1.29 is 19.4 Å². The van der Waals surface area contributed by atoms with E-state index in [0.29, 0.717) is 32.5 Å². The van der Waals surface area contributed by atoms with Gasteiger partial charge in [0.15, 0.2) is 0 Å². The predicted octanol–water partition coefficient (Wildman–Crippen LogP) is 2.25. The lowest BCUT2D eigenvalue weighted by Gasteiger charge is -2.35. The second-order valence-corrected chi connectivity index (χ2v) is 7.82. The first kappa shape index (κ1) is 19.7. The number of nitrogens with zero attached hydrogens (tertiary/aromatic N) is 1. The predicted molar refractivity (Wildman–Crippen MR) is 102 cm³/mol. The second-order valence-electron chi connectivity index (χ2n) is 7.82. The van der Waals surface area contributed by atoms with E-state index in [1.807, 2.05) is 24.3 Å². The topological polar surface area (TPSA) is 78.9 Å². The van der Waals surface area contributed by atoms with Crippen LogP contribution < -0.4 is 10.1 Å². The van der Waals surface area contributed by atoms with Crippen molar-refractivity contribution in [1.29, 1.82) is 0 Å². The van der Waals surface area contributed by atoms with Gasteiger partial charge in [-0.15, -0.1) is 0 Å². The maximum atomic E-state index is 12.6. The van der Waals surface area contributed by atoms with E-state index in [1.54, 1.807) is 12.0 Å². The van der Waals surface area contributed by atoms with Gasteiger partial charge in [0.2, 0.25) is 11.8 Å². The molecule has 1 saturated carbocycles. The fourth-order valence-electron chi connectivity index (χ4n) is 4.10. The number of aliphatic hydroxyl groups is 1. The fourth-order valence-corrected chi connectivity index (χ4v) is 4.10. The summed E-state index contributed by atoms with van der Waals surface area (Å²) in [6, 6.07) is 7.63. The van der Waals surface area contributed by atoms with E-state index in [1.165, 1.54) is 0 Å². The molecule has 1 aliphatic carbocycles. The van der Waals surface area contributed by atoms with Crippen molar-refractivity contribution in [2.45, 2.75) is 57.1 Å². The van der Waals surface area contributed by atoms with Gasteiger partial charge in [-0.2, -0.15) is 0 Å². The summed E-state index contributed by atoms with van der Waals surface area (Å²) < 4.78 is 5.37. The van der Waals surface area contributed by atoms with Crippen LogP contribution >= 0.6 is 0 Å². The van der Waals surface area contributed by atoms with E-state index in [4.69, 9.17) is 4.74 Å². The van der Waals surface area contributed by atoms with Crippen LogP contribution in [0.4, 0.5) is 0 Å². The normalized spacial score (nSPS) is 22.4. The number of hydrogen-bond donors (Lipinski definition) is 2. The number of carbonyl (C=O) groups is 2. The molecule has 2 fully saturated rings. The molecule has 6 heteroatoms. The van der Waals surface area contributed by atoms with Crippen molar-refractivity contribution in [3.8, 4) is 5.75 Å². The summed E-state index contributed by atoms with van der Waals surface area (Å²) in [6.45, 7) is 1.15. The minimum absolute atomic E-state index is 0.0634. The smallest absolute Gasteiger partial charge is 0.225 e. The zero-order valence-electron chi connectivity index (χ0n) is 16.1. The van der Waals surface area contributed by atoms with Crippen LogP contribution in [0, 0.1) is 5.92 Å². The van der Waals surface area contributed by atoms with E-state index in [0.717, 1.165) is 43.4 Å². The average Bonchev–Trinajstić information content (AvgIpc) is 2.69. The van der Waals surface area contributed by atoms with Crippen LogP contribution in [-0.2, 0) is 16.1 Å². The maximum Gasteiger partial charge on any atom is 0.225 e. The molecule has 1 heterocycles. The fraction of sp³-hybridized carbons (Fsp3) is 0.619. The molecule has 0 unspecified atom stereocenters. The Bertz CT molecular complexity index is 670. The van der Waals surface area contributed by atoms with Crippen LogP contribution in [0.3, 0.4) is 0 Å². The molecule has 1 atom stereocenters. The van der Waals surface area contributed by atoms with E-state index >= 15 is 0 Å². The van der Waals surface area contributed by atoms with Gasteiger partial charge in [0.25, 0.3) is 0 Å². The highest BCUT2D eigenvalue weighted by molar-refractivity contribution is 5.83. The molecule has 148 valence electrons. The SMILES string of the molecule is COc1ccccc1CN1C[C@H](C(=O)NCC2(O)CCCCC2)CCC1=O. The molecule has 2 N–H and O–H groups in total. The third-order valence-corrected chi connectivity index (χ3v) is 5.80. The lowest BCUT2D eigenvalue weighted by Crippen LogP contribution is -2.49. The van der Waals surface area contributed by atoms with Crippen molar-refractivity contribution in [2.75, 3.05) is 20.2 Å². The van der Waals surface area contributed by atoms with Crippen molar-refractivity contribution >= 4 is 11.8 Å². The van der Waals surface area contributed by atoms with Gasteiger partial charge in [-0.3, -0.25) is 9.59 Å². The number of piperidine rings is 1. The van der Waals surface area contributed by atoms with E-state index in [2.05, 4.69) is 5.32 Å². The molecule has 2 amide bonds. The Morgan fingerprint density at radius 3 is 2.78 bits per heavy atom. The van der Waals surface area contributed by atoms with Gasteiger partial charge >= 0.3 is 0 Å². The first-order chi connectivity index (χ1) is 13.0. The first-order valence-corrected chi connectivity index (χ1v) is 9.90. The summed E-state index contributed by atoms with van der Waals surface area (Å²) in [5, 5.41) is 13.5. The molecule has 0 spiro atoms. The van der Waals surface area contributed by atoms with Crippen molar-refractivity contribution in [3.63, 3.8) is 0 Å². The number of benzene rings is 1. The number of amides is 2. The van der Waals surface area contributed by atoms with Crippen LogP contribution in [0.25, 0.3) is 0 Å². The zero-order valence-corrected chi connectivity index (χ0v) is 16.1. The van der Waals surface area contributed by atoms with Crippen LogP contribution in [0.1, 0.15) is 50.5 Å². The molecule has 0 bridgehead atoms. The highest BCUT2D eigenvalue weighted by Crippen LogP contribution is 2.28. The summed E-state index contributed by atoms with van der Waals surface area (Å²) in [5.74, 6) is 0.517. The highest BCUT2D eigenvalue weighted by Gasteiger charge is 2.33. The number of likely N-dealkylation sites (tertiary alicyclic amines) is 1. The largest absolute Gasteiger partial charge is 0.496 e. The Hall–Kier alpha value is -2.08. The molecule has 1 aromatic carbocycles. The Morgan fingerprint density at radius 2 is 2.04 bits per heavy atom. The van der Waals surface area contributed by atoms with Crippen LogP contribution in [0.2, 0.25) is 0 Å². The zero-order chi connectivity index (χ0) is 19.3. The minimum Gasteiger partial charge on any atom is -0.496 e. The molecule has 0 aromatic heterocycles. The lowest BCUT2D eigenvalue weighted by molar-refractivity contribution is -0.139. The second kappa shape index (κ2) is 8.74. The van der Waals surface area contributed by atoms with Crippen molar-refractivity contribution in [1.82, 2.24) is 10.2 Å². The van der Waals surface area contributed by atoms with Crippen LogP contribution in [0.15, 0.2) is 24.3 Å². The van der Waals surface area contributed by atoms with Gasteiger partial charge < -0.3 is 20.1 Å². The molecule has 2 aliphatic rings. The van der Waals surface area contributed by atoms with E-state index < -0.39 is 5.60 Å². The van der Waals surface area contributed by atoms with Gasteiger partial charge in [-0.05, 0) is 25.3 Å².